The smallest absolute Gasteiger partial charge is 0.192 e. The molecule has 2 aromatic carbocycles. The highest BCUT2D eigenvalue weighted by atomic mass is 32.2. The summed E-state index contributed by atoms with van der Waals surface area (Å²) in [4.78, 5) is 0. The monoisotopic (exact) mass is 339 g/mol. The fraction of sp³-hybridized carbons (Fsp3) is 0.158. The number of nitrogens with zero attached hydrogens (tertiary/aromatic N) is 3. The number of thioether (sulfide) groups is 1. The highest BCUT2D eigenvalue weighted by Crippen LogP contribution is 2.26. The van der Waals surface area contributed by atoms with E-state index in [4.69, 9.17) is 0 Å². The third-order valence-electron chi connectivity index (χ3n) is 3.60. The van der Waals surface area contributed by atoms with Gasteiger partial charge in [-0.2, -0.15) is 0 Å². The van der Waals surface area contributed by atoms with Crippen molar-refractivity contribution in [2.75, 3.05) is 0 Å². The van der Waals surface area contributed by atoms with Crippen molar-refractivity contribution in [3.63, 3.8) is 0 Å². The Morgan fingerprint density at radius 2 is 1.96 bits per heavy atom. The van der Waals surface area contributed by atoms with Gasteiger partial charge in [-0.15, -0.1) is 16.8 Å². The fourth-order valence-electron chi connectivity index (χ4n) is 2.38. The molecule has 0 radical (unpaired) electrons. The molecule has 0 unspecified atom stereocenters. The van der Waals surface area contributed by atoms with E-state index in [0.717, 1.165) is 22.1 Å². The van der Waals surface area contributed by atoms with Crippen LogP contribution in [0.25, 0.3) is 11.4 Å². The van der Waals surface area contributed by atoms with Gasteiger partial charge in [0.25, 0.3) is 0 Å². The summed E-state index contributed by atoms with van der Waals surface area (Å²) in [5, 5.41) is 9.44. The lowest BCUT2D eigenvalue weighted by atomic mass is 10.1. The van der Waals surface area contributed by atoms with Crippen LogP contribution >= 0.6 is 11.8 Å². The van der Waals surface area contributed by atoms with E-state index in [0.29, 0.717) is 12.3 Å². The van der Waals surface area contributed by atoms with E-state index < -0.39 is 0 Å². The summed E-state index contributed by atoms with van der Waals surface area (Å²) in [6.07, 6.45) is 1.83. The molecule has 1 aromatic heterocycles. The summed E-state index contributed by atoms with van der Waals surface area (Å²) in [6.45, 7) is 6.50. The van der Waals surface area contributed by atoms with E-state index in [1.165, 1.54) is 11.6 Å². The van der Waals surface area contributed by atoms with Crippen LogP contribution in [0.3, 0.4) is 0 Å². The van der Waals surface area contributed by atoms with Gasteiger partial charge in [0.15, 0.2) is 11.0 Å². The average molecular weight is 339 g/mol. The number of benzene rings is 2. The first kappa shape index (κ1) is 16.5. The summed E-state index contributed by atoms with van der Waals surface area (Å²) in [7, 11) is 0. The minimum atomic E-state index is -0.221. The van der Waals surface area contributed by atoms with Crippen LogP contribution in [0.1, 0.15) is 11.1 Å². The van der Waals surface area contributed by atoms with Crippen molar-refractivity contribution in [2.45, 2.75) is 24.4 Å². The van der Waals surface area contributed by atoms with E-state index in [1.807, 2.05) is 28.8 Å². The summed E-state index contributed by atoms with van der Waals surface area (Å²) in [5.41, 5.74) is 3.15. The zero-order valence-corrected chi connectivity index (χ0v) is 14.3. The summed E-state index contributed by atoms with van der Waals surface area (Å²) in [6, 6.07) is 14.8. The van der Waals surface area contributed by atoms with E-state index in [-0.39, 0.29) is 5.82 Å². The van der Waals surface area contributed by atoms with Crippen LogP contribution in [0, 0.1) is 12.7 Å². The van der Waals surface area contributed by atoms with Crippen LogP contribution in [0.15, 0.2) is 66.3 Å². The highest BCUT2D eigenvalue weighted by Gasteiger charge is 2.13. The lowest BCUT2D eigenvalue weighted by molar-refractivity contribution is 0.626. The third kappa shape index (κ3) is 3.74. The Kier molecular flexibility index (Phi) is 5.11. The maximum atomic E-state index is 13.3. The first-order valence-corrected chi connectivity index (χ1v) is 8.64. The van der Waals surface area contributed by atoms with Crippen LogP contribution < -0.4 is 0 Å². The van der Waals surface area contributed by atoms with Crippen LogP contribution in [-0.4, -0.2) is 14.8 Å². The Morgan fingerprint density at radius 1 is 1.17 bits per heavy atom. The van der Waals surface area contributed by atoms with Crippen molar-refractivity contribution in [3.05, 3.63) is 78.1 Å². The molecule has 0 saturated carbocycles. The predicted octanol–water partition coefficient (Wildman–Crippen LogP) is 4.87. The van der Waals surface area contributed by atoms with Crippen LogP contribution in [0.4, 0.5) is 4.39 Å². The Morgan fingerprint density at radius 3 is 2.67 bits per heavy atom. The molecule has 0 bridgehead atoms. The van der Waals surface area contributed by atoms with Gasteiger partial charge in [0.05, 0.1) is 0 Å². The van der Waals surface area contributed by atoms with Crippen molar-refractivity contribution in [1.29, 1.82) is 0 Å². The van der Waals surface area contributed by atoms with Crippen molar-refractivity contribution >= 4 is 11.8 Å². The van der Waals surface area contributed by atoms with Gasteiger partial charge in [-0.1, -0.05) is 59.8 Å². The molecule has 0 saturated heterocycles. The van der Waals surface area contributed by atoms with Gasteiger partial charge < -0.3 is 0 Å². The third-order valence-corrected chi connectivity index (χ3v) is 4.63. The molecule has 1 heterocycles. The number of aromatic nitrogens is 3. The van der Waals surface area contributed by atoms with Gasteiger partial charge >= 0.3 is 0 Å². The Hall–Kier alpha value is -2.40. The van der Waals surface area contributed by atoms with Crippen LogP contribution in [-0.2, 0) is 12.3 Å². The molecule has 0 spiro atoms. The van der Waals surface area contributed by atoms with Gasteiger partial charge in [-0.25, -0.2) is 4.39 Å². The minimum absolute atomic E-state index is 0.221. The highest BCUT2D eigenvalue weighted by molar-refractivity contribution is 7.98. The minimum Gasteiger partial charge on any atom is -0.298 e. The second kappa shape index (κ2) is 7.45. The molecule has 0 aliphatic rings. The predicted molar refractivity (Wildman–Crippen MR) is 96.4 cm³/mol. The average Bonchev–Trinajstić information content (AvgIpc) is 2.97. The largest absolute Gasteiger partial charge is 0.298 e. The zero-order chi connectivity index (χ0) is 16.9. The van der Waals surface area contributed by atoms with Crippen molar-refractivity contribution in [1.82, 2.24) is 14.8 Å². The molecule has 0 atom stereocenters. The maximum Gasteiger partial charge on any atom is 0.192 e. The summed E-state index contributed by atoms with van der Waals surface area (Å²) in [5.74, 6) is 1.23. The van der Waals surface area contributed by atoms with Gasteiger partial charge in [0.1, 0.15) is 5.82 Å². The van der Waals surface area contributed by atoms with Gasteiger partial charge in [-0.3, -0.25) is 4.57 Å². The van der Waals surface area contributed by atoms with E-state index >= 15 is 0 Å². The lowest BCUT2D eigenvalue weighted by Gasteiger charge is -2.08. The molecule has 3 nitrogen and oxygen atoms in total. The molecule has 5 heteroatoms. The summed E-state index contributed by atoms with van der Waals surface area (Å²) < 4.78 is 15.3. The molecule has 122 valence electrons. The zero-order valence-electron chi connectivity index (χ0n) is 13.4. The van der Waals surface area contributed by atoms with Gasteiger partial charge in [0, 0.05) is 17.9 Å². The molecular weight excluding hydrogens is 321 g/mol. The number of aryl methyl sites for hydroxylation is 1. The van der Waals surface area contributed by atoms with Crippen molar-refractivity contribution < 1.29 is 4.39 Å². The molecule has 24 heavy (non-hydrogen) atoms. The van der Waals surface area contributed by atoms with Crippen molar-refractivity contribution in [3.8, 4) is 11.4 Å². The van der Waals surface area contributed by atoms with Crippen molar-refractivity contribution in [2.24, 2.45) is 0 Å². The lowest BCUT2D eigenvalue weighted by Crippen LogP contribution is -2.00. The number of halogens is 1. The summed E-state index contributed by atoms with van der Waals surface area (Å²) >= 11 is 1.54. The van der Waals surface area contributed by atoms with E-state index in [2.05, 4.69) is 35.8 Å². The number of hydrogen-bond acceptors (Lipinski definition) is 3. The Labute approximate surface area is 145 Å². The number of rotatable bonds is 6. The number of hydrogen-bond donors (Lipinski definition) is 0. The fourth-order valence-corrected chi connectivity index (χ4v) is 3.27. The Bertz CT molecular complexity index is 840. The Balaban J connectivity index is 1.85. The maximum absolute atomic E-state index is 13.3. The molecule has 0 fully saturated rings. The first-order valence-electron chi connectivity index (χ1n) is 7.66. The first-order chi connectivity index (χ1) is 11.7. The van der Waals surface area contributed by atoms with Gasteiger partial charge in [0.2, 0.25) is 0 Å². The van der Waals surface area contributed by atoms with E-state index in [1.54, 1.807) is 23.9 Å². The molecular formula is C19H18FN3S. The second-order valence-electron chi connectivity index (χ2n) is 5.49. The molecule has 3 aromatic rings. The van der Waals surface area contributed by atoms with Gasteiger partial charge in [-0.05, 0) is 24.6 Å². The van der Waals surface area contributed by atoms with Crippen LogP contribution in [0.2, 0.25) is 0 Å². The van der Waals surface area contributed by atoms with E-state index in [9.17, 15) is 4.39 Å². The molecule has 0 amide bonds. The topological polar surface area (TPSA) is 30.7 Å². The standard InChI is InChI=1S/C19H18FN3S/c1-3-11-23-18(16-9-7-14(2)8-10-16)21-22-19(23)24-13-15-5-4-6-17(20)12-15/h3-10,12H,1,11,13H2,2H3. The molecule has 3 rings (SSSR count). The molecule has 0 N–H and O–H groups in total. The normalized spacial score (nSPS) is 10.8. The molecule has 0 aliphatic carbocycles. The molecule has 0 aliphatic heterocycles. The quantitative estimate of drug-likeness (QED) is 0.474. The van der Waals surface area contributed by atoms with Crippen LogP contribution in [0.5, 0.6) is 0 Å². The SMILES string of the molecule is C=CCn1c(SCc2cccc(F)c2)nnc1-c1ccc(C)cc1. The number of allylic oxidation sites excluding steroid dienone is 1. The second-order valence-corrected chi connectivity index (χ2v) is 6.43.